The van der Waals surface area contributed by atoms with Crippen LogP contribution in [-0.4, -0.2) is 84.5 Å². The molecular weight excluding hydrogens is 993 g/mol. The standard InChI is InChI=1S/C64H92O14/c1-34-40-10-11-41(24-40)47(34)30-60(6,55(69)77-59(4,5)13-15-73-57(71)64-27-37-17-38(28-64)19-39(18-37)29-64)32-62(8,56(70)78-63(9)43-20-35-16-36(22-43)23-44(63)21-35)33-61(7,54(68)74-48-12-14-72-52(48)66)31-58(2,3)53(67)76-49-42-25-45-46(26-42)51(65)75-50(45)49/h34-50H,10-33H2,1-9H3. The molecule has 0 aromatic carbocycles. The van der Waals surface area contributed by atoms with E-state index >= 15 is 14.4 Å². The van der Waals surface area contributed by atoms with Gasteiger partial charge in [-0.3, -0.25) is 28.8 Å². The Hall–Kier alpha value is -3.71. The second-order valence-corrected chi connectivity index (χ2v) is 31.4. The van der Waals surface area contributed by atoms with Crippen LogP contribution in [0.15, 0.2) is 0 Å². The Morgan fingerprint density at radius 2 is 1.22 bits per heavy atom. The monoisotopic (exact) mass is 1080 g/mol. The van der Waals surface area contributed by atoms with E-state index in [0.29, 0.717) is 66.6 Å². The molecule has 12 aliphatic carbocycles. The van der Waals surface area contributed by atoms with E-state index in [-0.39, 0.29) is 86.3 Å². The molecular formula is C64H92O14. The Labute approximate surface area is 463 Å². The molecule has 14 rings (SSSR count). The lowest BCUT2D eigenvalue weighted by molar-refractivity contribution is -0.216. The molecule has 0 radical (unpaired) electrons. The molecule has 13 atom stereocenters. The zero-order valence-electron chi connectivity index (χ0n) is 48.5. The summed E-state index contributed by atoms with van der Waals surface area (Å²) >= 11 is 0. The van der Waals surface area contributed by atoms with Gasteiger partial charge < -0.3 is 33.2 Å². The first-order valence-corrected chi connectivity index (χ1v) is 31.1. The second-order valence-electron chi connectivity index (χ2n) is 31.4. The lowest BCUT2D eigenvalue weighted by Crippen LogP contribution is -2.59. The summed E-state index contributed by atoms with van der Waals surface area (Å²) in [6.07, 6.45) is 14.6. The third-order valence-corrected chi connectivity index (χ3v) is 24.3. The van der Waals surface area contributed by atoms with E-state index in [1.54, 1.807) is 20.8 Å². The fraction of sp³-hybridized carbons (Fsp3) is 0.891. The summed E-state index contributed by atoms with van der Waals surface area (Å²) in [5, 5.41) is 0. The van der Waals surface area contributed by atoms with Gasteiger partial charge in [-0.2, -0.15) is 0 Å². The predicted molar refractivity (Wildman–Crippen MR) is 283 cm³/mol. The number of hydrogen-bond donors (Lipinski definition) is 0. The predicted octanol–water partition coefficient (Wildman–Crippen LogP) is 10.9. The molecule has 2 aliphatic heterocycles. The van der Waals surface area contributed by atoms with Crippen molar-refractivity contribution in [3.05, 3.63) is 0 Å². The molecule has 14 heteroatoms. The van der Waals surface area contributed by atoms with Crippen molar-refractivity contribution in [1.29, 1.82) is 0 Å². The minimum Gasteiger partial charge on any atom is -0.465 e. The van der Waals surface area contributed by atoms with Crippen LogP contribution in [0.3, 0.4) is 0 Å². The van der Waals surface area contributed by atoms with Crippen LogP contribution in [0, 0.1) is 110 Å². The van der Waals surface area contributed by atoms with Crippen LogP contribution in [0.1, 0.15) is 204 Å². The van der Waals surface area contributed by atoms with E-state index in [1.165, 1.54) is 25.7 Å². The van der Waals surface area contributed by atoms with E-state index in [4.69, 9.17) is 33.2 Å². The van der Waals surface area contributed by atoms with E-state index in [9.17, 15) is 19.2 Å². The van der Waals surface area contributed by atoms with Crippen molar-refractivity contribution < 1.29 is 66.7 Å². The quantitative estimate of drug-likeness (QED) is 0.0828. The highest BCUT2D eigenvalue weighted by molar-refractivity contribution is 5.87. The maximum Gasteiger partial charge on any atom is 0.347 e. The summed E-state index contributed by atoms with van der Waals surface area (Å²) in [4.78, 5) is 102. The van der Waals surface area contributed by atoms with Crippen LogP contribution in [0.5, 0.6) is 0 Å². The molecule has 0 aromatic rings. The summed E-state index contributed by atoms with van der Waals surface area (Å²) in [6.45, 7) is 17.3. The average molecular weight is 1090 g/mol. The van der Waals surface area contributed by atoms with Crippen molar-refractivity contribution in [2.75, 3.05) is 13.2 Å². The molecule has 78 heavy (non-hydrogen) atoms. The van der Waals surface area contributed by atoms with Crippen molar-refractivity contribution >= 4 is 41.8 Å². The van der Waals surface area contributed by atoms with Gasteiger partial charge in [0.15, 0.2) is 0 Å². The first-order valence-electron chi connectivity index (χ1n) is 31.1. The molecule has 14 nitrogen and oxygen atoms in total. The van der Waals surface area contributed by atoms with Crippen molar-refractivity contribution in [2.45, 2.75) is 233 Å². The lowest BCUT2D eigenvalue weighted by Gasteiger charge is -2.59. The lowest BCUT2D eigenvalue weighted by atomic mass is 9.49. The Bertz CT molecular complexity index is 2390. The van der Waals surface area contributed by atoms with Gasteiger partial charge in [0.2, 0.25) is 6.10 Å². The zero-order valence-corrected chi connectivity index (χ0v) is 48.5. The van der Waals surface area contributed by atoms with Crippen LogP contribution in [0.25, 0.3) is 0 Å². The maximum atomic E-state index is 16.1. The molecule has 0 amide bonds. The smallest absolute Gasteiger partial charge is 0.347 e. The Kier molecular flexibility index (Phi) is 13.5. The van der Waals surface area contributed by atoms with Gasteiger partial charge in [0.05, 0.1) is 46.2 Å². The number of esters is 7. The Balaban J connectivity index is 0.852. The number of rotatable bonds is 20. The molecule has 14 fully saturated rings. The maximum absolute atomic E-state index is 16.1. The fourth-order valence-corrected chi connectivity index (χ4v) is 21.1. The largest absolute Gasteiger partial charge is 0.465 e. The van der Waals surface area contributed by atoms with Gasteiger partial charge in [-0.15, -0.1) is 0 Å². The van der Waals surface area contributed by atoms with Gasteiger partial charge in [0.1, 0.15) is 23.4 Å². The van der Waals surface area contributed by atoms with E-state index in [1.807, 2.05) is 27.7 Å². The second kappa shape index (κ2) is 19.2. The number of fused-ring (bicyclic) bond motifs is 3. The number of ether oxygens (including phenoxy) is 7. The van der Waals surface area contributed by atoms with Gasteiger partial charge in [-0.1, -0.05) is 6.92 Å². The summed E-state index contributed by atoms with van der Waals surface area (Å²) in [5.41, 5.74) is -8.01. The highest BCUT2D eigenvalue weighted by atomic mass is 16.6. The van der Waals surface area contributed by atoms with Crippen LogP contribution in [-0.2, 0) is 66.7 Å². The molecule has 12 saturated carbocycles. The van der Waals surface area contributed by atoms with Crippen LogP contribution in [0.4, 0.5) is 0 Å². The third kappa shape index (κ3) is 9.54. The van der Waals surface area contributed by atoms with Crippen molar-refractivity contribution in [3.63, 3.8) is 0 Å². The van der Waals surface area contributed by atoms with Crippen LogP contribution in [0.2, 0.25) is 0 Å². The minimum atomic E-state index is -1.63. The summed E-state index contributed by atoms with van der Waals surface area (Å²) < 4.78 is 43.5. The molecule has 0 aromatic heterocycles. The van der Waals surface area contributed by atoms with E-state index < -0.39 is 86.4 Å². The minimum absolute atomic E-state index is 0.00724. The van der Waals surface area contributed by atoms with Crippen molar-refractivity contribution in [2.24, 2.45) is 110 Å². The Morgan fingerprint density at radius 1 is 0.615 bits per heavy atom. The normalized spacial score (nSPS) is 43.4. The van der Waals surface area contributed by atoms with Gasteiger partial charge in [0, 0.05) is 24.7 Å². The molecule has 13 unspecified atom stereocenters. The number of carbonyl (C=O) groups is 7. The third-order valence-electron chi connectivity index (χ3n) is 24.3. The summed E-state index contributed by atoms with van der Waals surface area (Å²) in [5.74, 6) is 1.51. The molecule has 432 valence electrons. The summed E-state index contributed by atoms with van der Waals surface area (Å²) in [7, 11) is 0. The van der Waals surface area contributed by atoms with Gasteiger partial charge in [-0.25, -0.2) is 4.79 Å². The number of cyclic esters (lactones) is 1. The first kappa shape index (κ1) is 54.9. The number of carbonyl (C=O) groups excluding carboxylic acids is 7. The van der Waals surface area contributed by atoms with Gasteiger partial charge >= 0.3 is 41.8 Å². The van der Waals surface area contributed by atoms with Crippen molar-refractivity contribution in [1.82, 2.24) is 0 Å². The van der Waals surface area contributed by atoms with E-state index in [2.05, 4.69) is 13.8 Å². The fourth-order valence-electron chi connectivity index (χ4n) is 21.1. The van der Waals surface area contributed by atoms with E-state index in [0.717, 1.165) is 70.6 Å². The average Bonchev–Trinajstić information content (AvgIpc) is 4.25. The van der Waals surface area contributed by atoms with Gasteiger partial charge in [0.25, 0.3) is 0 Å². The van der Waals surface area contributed by atoms with Crippen LogP contribution >= 0.6 is 0 Å². The highest BCUT2D eigenvalue weighted by Gasteiger charge is 2.65. The molecule has 14 aliphatic rings. The summed E-state index contributed by atoms with van der Waals surface area (Å²) in [6, 6.07) is 0. The van der Waals surface area contributed by atoms with Crippen molar-refractivity contribution in [3.8, 4) is 0 Å². The van der Waals surface area contributed by atoms with Crippen LogP contribution < -0.4 is 0 Å². The molecule has 2 heterocycles. The molecule has 0 spiro atoms. The first-order chi connectivity index (χ1) is 36.7. The highest BCUT2D eigenvalue weighted by Crippen LogP contribution is 2.64. The molecule has 12 bridgehead atoms. The number of hydrogen-bond acceptors (Lipinski definition) is 14. The Morgan fingerprint density at radius 3 is 1.82 bits per heavy atom. The molecule has 2 saturated heterocycles. The molecule has 0 N–H and O–H groups in total. The van der Waals surface area contributed by atoms with Gasteiger partial charge in [-0.05, 0) is 249 Å². The zero-order chi connectivity index (χ0) is 55.3. The topological polar surface area (TPSA) is 184 Å². The SMILES string of the molecule is CC1C2CCC(C2)C1CC(C)(CC(C)(CC(C)(CC(C)(C)C(=O)OC1C2CC3C(=O)OC1C3C2)C(=O)OC1CCOC1=O)C(=O)OC1(C)C2CC3CC(C2)CC1C3)C(=O)OC(C)(C)CCOC(=O)C12CC3CC(CC(C3)C1)C2.